The standard InChI is InChI=1S/C26H28FN3O4/c1-17(13-27)28-14-22(12-23-25(33)26(34)30-16-29-23)20-8-4-18(5-9-20)2-3-19-6-10-21(11-7-19)24(32)15-31/h4-11,16-17,22,24,28,31-33H,12-15H2,1H3,(H,29,30,34)/t17-,22+,24?/m0/s1. The van der Waals surface area contributed by atoms with E-state index in [1.165, 1.54) is 6.33 Å². The number of aromatic nitrogens is 2. The Bertz CT molecular complexity index is 1180. The van der Waals surface area contributed by atoms with Crippen molar-refractivity contribution in [1.29, 1.82) is 0 Å². The second-order valence-electron chi connectivity index (χ2n) is 8.08. The summed E-state index contributed by atoms with van der Waals surface area (Å²) in [7, 11) is 0. The summed E-state index contributed by atoms with van der Waals surface area (Å²) in [5.74, 6) is 5.59. The highest BCUT2D eigenvalue weighted by atomic mass is 19.1. The van der Waals surface area contributed by atoms with E-state index in [0.29, 0.717) is 18.5 Å². The van der Waals surface area contributed by atoms with Crippen LogP contribution in [0.3, 0.4) is 0 Å². The molecule has 1 heterocycles. The summed E-state index contributed by atoms with van der Waals surface area (Å²) in [6.07, 6.45) is 0.650. The first-order chi connectivity index (χ1) is 16.4. The highest BCUT2D eigenvalue weighted by Gasteiger charge is 2.18. The minimum atomic E-state index is -0.906. The Hall–Kier alpha value is -3.51. The maximum absolute atomic E-state index is 12.9. The van der Waals surface area contributed by atoms with Crippen molar-refractivity contribution in [3.8, 4) is 17.6 Å². The monoisotopic (exact) mass is 465 g/mol. The average Bonchev–Trinajstić information content (AvgIpc) is 2.87. The van der Waals surface area contributed by atoms with Crippen molar-refractivity contribution >= 4 is 0 Å². The molecule has 0 bridgehead atoms. The van der Waals surface area contributed by atoms with Crippen LogP contribution in [0.25, 0.3) is 0 Å². The molecule has 0 radical (unpaired) electrons. The molecule has 1 unspecified atom stereocenters. The number of aliphatic hydroxyl groups is 2. The van der Waals surface area contributed by atoms with Gasteiger partial charge in [0.25, 0.3) is 5.56 Å². The van der Waals surface area contributed by atoms with E-state index in [4.69, 9.17) is 5.11 Å². The van der Waals surface area contributed by atoms with Crippen molar-refractivity contribution < 1.29 is 19.7 Å². The molecule has 0 amide bonds. The second kappa shape index (κ2) is 12.1. The van der Waals surface area contributed by atoms with Gasteiger partial charge in [0.15, 0.2) is 0 Å². The molecule has 8 heteroatoms. The molecule has 1 aromatic heterocycles. The molecule has 5 N–H and O–H groups in total. The summed E-state index contributed by atoms with van der Waals surface area (Å²) in [6.45, 7) is 1.35. The quantitative estimate of drug-likeness (QED) is 0.309. The van der Waals surface area contributed by atoms with Gasteiger partial charge in [-0.05, 0) is 42.3 Å². The van der Waals surface area contributed by atoms with E-state index in [1.807, 2.05) is 24.3 Å². The van der Waals surface area contributed by atoms with Gasteiger partial charge in [0.05, 0.1) is 18.6 Å². The Morgan fingerprint density at radius 1 is 1.06 bits per heavy atom. The average molecular weight is 466 g/mol. The number of halogens is 1. The summed E-state index contributed by atoms with van der Waals surface area (Å²) in [5.41, 5.74) is 2.81. The van der Waals surface area contributed by atoms with Crippen molar-refractivity contribution in [3.05, 3.63) is 93.2 Å². The van der Waals surface area contributed by atoms with E-state index < -0.39 is 24.1 Å². The molecule has 0 aliphatic carbocycles. The molecule has 3 rings (SSSR count). The number of nitrogens with one attached hydrogen (secondary N) is 2. The van der Waals surface area contributed by atoms with Gasteiger partial charge in [0, 0.05) is 36.1 Å². The maximum Gasteiger partial charge on any atom is 0.293 e. The van der Waals surface area contributed by atoms with Crippen molar-refractivity contribution in [2.75, 3.05) is 19.8 Å². The molecule has 178 valence electrons. The number of hydrogen-bond acceptors (Lipinski definition) is 6. The van der Waals surface area contributed by atoms with Crippen LogP contribution in [0.5, 0.6) is 5.75 Å². The highest BCUT2D eigenvalue weighted by Crippen LogP contribution is 2.23. The first-order valence-corrected chi connectivity index (χ1v) is 11.0. The van der Waals surface area contributed by atoms with Gasteiger partial charge in [0.2, 0.25) is 5.75 Å². The molecule has 0 spiro atoms. The summed E-state index contributed by atoms with van der Waals surface area (Å²) < 4.78 is 12.9. The predicted octanol–water partition coefficient (Wildman–Crippen LogP) is 2.17. The molecule has 34 heavy (non-hydrogen) atoms. The molecule has 3 atom stereocenters. The first kappa shape index (κ1) is 25.1. The number of aromatic amines is 1. The Morgan fingerprint density at radius 2 is 1.65 bits per heavy atom. The van der Waals surface area contributed by atoms with E-state index in [2.05, 4.69) is 27.1 Å². The number of H-pyrrole nitrogens is 1. The molecule has 7 nitrogen and oxygen atoms in total. The van der Waals surface area contributed by atoms with Gasteiger partial charge in [-0.1, -0.05) is 36.1 Å². The number of benzene rings is 2. The number of aromatic hydroxyl groups is 1. The highest BCUT2D eigenvalue weighted by molar-refractivity contribution is 5.44. The smallest absolute Gasteiger partial charge is 0.293 e. The van der Waals surface area contributed by atoms with E-state index in [9.17, 15) is 19.4 Å². The number of alkyl halides is 1. The zero-order valence-corrected chi connectivity index (χ0v) is 18.8. The Balaban J connectivity index is 1.77. The molecule has 2 aromatic carbocycles. The molecule has 0 fully saturated rings. The largest absolute Gasteiger partial charge is 0.502 e. The molecular weight excluding hydrogens is 437 g/mol. The minimum Gasteiger partial charge on any atom is -0.502 e. The first-order valence-electron chi connectivity index (χ1n) is 11.0. The third-order valence-corrected chi connectivity index (χ3v) is 5.49. The van der Waals surface area contributed by atoms with Crippen LogP contribution in [0.1, 0.15) is 46.9 Å². The van der Waals surface area contributed by atoms with E-state index in [-0.39, 0.29) is 24.3 Å². The van der Waals surface area contributed by atoms with Crippen LogP contribution in [0.2, 0.25) is 0 Å². The molecule has 0 aliphatic heterocycles. The molecule has 0 saturated carbocycles. The van der Waals surface area contributed by atoms with Crippen LogP contribution < -0.4 is 10.9 Å². The zero-order chi connectivity index (χ0) is 24.5. The molecule has 3 aromatic rings. The lowest BCUT2D eigenvalue weighted by Crippen LogP contribution is -2.32. The van der Waals surface area contributed by atoms with Crippen LogP contribution in [0.4, 0.5) is 4.39 Å². The lowest BCUT2D eigenvalue weighted by molar-refractivity contribution is 0.0956. The molecule has 0 aliphatic rings. The third-order valence-electron chi connectivity index (χ3n) is 5.49. The van der Waals surface area contributed by atoms with Crippen LogP contribution >= 0.6 is 0 Å². The zero-order valence-electron chi connectivity index (χ0n) is 18.8. The van der Waals surface area contributed by atoms with Gasteiger partial charge < -0.3 is 25.6 Å². The van der Waals surface area contributed by atoms with Crippen LogP contribution in [0.15, 0.2) is 59.7 Å². The fourth-order valence-corrected chi connectivity index (χ4v) is 3.39. The molecule has 0 saturated heterocycles. The van der Waals surface area contributed by atoms with Crippen LogP contribution in [0, 0.1) is 11.8 Å². The van der Waals surface area contributed by atoms with Gasteiger partial charge in [-0.25, -0.2) is 9.37 Å². The Morgan fingerprint density at radius 3 is 2.21 bits per heavy atom. The van der Waals surface area contributed by atoms with Crippen molar-refractivity contribution in [3.63, 3.8) is 0 Å². The van der Waals surface area contributed by atoms with Crippen molar-refractivity contribution in [1.82, 2.24) is 15.3 Å². The Kier molecular flexibility index (Phi) is 8.93. The van der Waals surface area contributed by atoms with Gasteiger partial charge in [0.1, 0.15) is 12.8 Å². The van der Waals surface area contributed by atoms with Gasteiger partial charge in [-0.15, -0.1) is 0 Å². The normalized spacial score (nSPS) is 13.5. The topological polar surface area (TPSA) is 118 Å². The fourth-order valence-electron chi connectivity index (χ4n) is 3.39. The van der Waals surface area contributed by atoms with Gasteiger partial charge >= 0.3 is 0 Å². The van der Waals surface area contributed by atoms with Crippen molar-refractivity contribution in [2.45, 2.75) is 31.4 Å². The Labute approximate surface area is 197 Å². The fraction of sp³-hybridized carbons (Fsp3) is 0.308. The van der Waals surface area contributed by atoms with E-state index >= 15 is 0 Å². The summed E-state index contributed by atoms with van der Waals surface area (Å²) in [4.78, 5) is 18.2. The van der Waals surface area contributed by atoms with Crippen LogP contribution in [-0.4, -0.2) is 51.2 Å². The van der Waals surface area contributed by atoms with Crippen molar-refractivity contribution in [2.24, 2.45) is 0 Å². The number of nitrogens with zero attached hydrogens (tertiary/aromatic N) is 1. The minimum absolute atomic E-state index is 0.151. The van der Waals surface area contributed by atoms with E-state index in [0.717, 1.165) is 16.7 Å². The number of hydrogen-bond donors (Lipinski definition) is 5. The van der Waals surface area contributed by atoms with Gasteiger partial charge in [-0.3, -0.25) is 4.79 Å². The summed E-state index contributed by atoms with van der Waals surface area (Å²) in [6, 6.07) is 14.3. The van der Waals surface area contributed by atoms with E-state index in [1.54, 1.807) is 31.2 Å². The SMILES string of the molecule is C[C@@H](CF)NC[C@@H](Cc1nc[nH]c(=O)c1O)c1ccc(C#Cc2ccc(C(O)CO)cc2)cc1. The third kappa shape index (κ3) is 6.75. The number of aliphatic hydroxyl groups excluding tert-OH is 2. The lowest BCUT2D eigenvalue weighted by Gasteiger charge is -2.20. The summed E-state index contributed by atoms with van der Waals surface area (Å²) >= 11 is 0. The predicted molar refractivity (Wildman–Crippen MR) is 127 cm³/mol. The maximum atomic E-state index is 12.9. The number of rotatable bonds is 9. The van der Waals surface area contributed by atoms with Gasteiger partial charge in [-0.2, -0.15) is 0 Å². The second-order valence-corrected chi connectivity index (χ2v) is 8.08. The summed E-state index contributed by atoms with van der Waals surface area (Å²) in [5, 5.41) is 31.9. The molecular formula is C26H28FN3O4. The van der Waals surface area contributed by atoms with Crippen LogP contribution in [-0.2, 0) is 6.42 Å². The lowest BCUT2D eigenvalue weighted by atomic mass is 9.92.